The molecule has 0 aliphatic carbocycles. The van der Waals surface area contributed by atoms with Crippen molar-refractivity contribution in [2.45, 2.75) is 6.92 Å². The summed E-state index contributed by atoms with van der Waals surface area (Å²) in [5.74, 6) is -0.486. The number of amides is 1. The summed E-state index contributed by atoms with van der Waals surface area (Å²) in [7, 11) is 0. The summed E-state index contributed by atoms with van der Waals surface area (Å²) in [5.41, 5.74) is 6.99. The quantitative estimate of drug-likeness (QED) is 0.883. The van der Waals surface area contributed by atoms with Gasteiger partial charge in [0.15, 0.2) is 0 Å². The second kappa shape index (κ2) is 4.54. The van der Waals surface area contributed by atoms with E-state index in [9.17, 15) is 4.79 Å². The van der Waals surface area contributed by atoms with Gasteiger partial charge in [0.1, 0.15) is 0 Å². The Hall–Kier alpha value is -1.89. The summed E-state index contributed by atoms with van der Waals surface area (Å²) in [6.45, 7) is 1.88. The zero-order chi connectivity index (χ0) is 12.4. The minimum Gasteiger partial charge on any atom is -0.379 e. The topological polar surface area (TPSA) is 94.0 Å². The third kappa shape index (κ3) is 2.28. The van der Waals surface area contributed by atoms with E-state index in [1.165, 1.54) is 0 Å². The van der Waals surface area contributed by atoms with Crippen LogP contribution < -0.4 is 11.1 Å². The molecule has 0 aliphatic rings. The van der Waals surface area contributed by atoms with E-state index in [-0.39, 0.29) is 11.5 Å². The van der Waals surface area contributed by atoms with Gasteiger partial charge in [-0.1, -0.05) is 22.0 Å². The molecule has 0 spiro atoms. The summed E-state index contributed by atoms with van der Waals surface area (Å²) in [6, 6.07) is 5.48. The van der Waals surface area contributed by atoms with Crippen LogP contribution in [0, 0.1) is 6.92 Å². The molecule has 6 nitrogen and oxygen atoms in total. The molecular formula is C10H9BrN4O2. The van der Waals surface area contributed by atoms with E-state index in [0.717, 1.165) is 10.0 Å². The lowest BCUT2D eigenvalue weighted by atomic mass is 10.2. The van der Waals surface area contributed by atoms with Gasteiger partial charge < -0.3 is 11.1 Å². The summed E-state index contributed by atoms with van der Waals surface area (Å²) in [5, 5.41) is 9.45. The van der Waals surface area contributed by atoms with Crippen molar-refractivity contribution in [1.82, 2.24) is 10.3 Å². The van der Waals surface area contributed by atoms with Crippen molar-refractivity contribution in [1.29, 1.82) is 0 Å². The molecule has 0 aliphatic heterocycles. The Morgan fingerprint density at radius 1 is 1.47 bits per heavy atom. The highest BCUT2D eigenvalue weighted by Crippen LogP contribution is 2.24. The van der Waals surface area contributed by atoms with E-state index in [0.29, 0.717) is 5.69 Å². The molecule has 17 heavy (non-hydrogen) atoms. The summed E-state index contributed by atoms with van der Waals surface area (Å²) in [4.78, 5) is 11.8. The summed E-state index contributed by atoms with van der Waals surface area (Å²) < 4.78 is 5.27. The number of anilines is 2. The number of carbonyl (C=O) groups excluding carboxylic acids is 1. The molecule has 7 heteroatoms. The van der Waals surface area contributed by atoms with Crippen LogP contribution in [0.15, 0.2) is 27.3 Å². The van der Waals surface area contributed by atoms with E-state index in [4.69, 9.17) is 5.73 Å². The minimum atomic E-state index is -0.454. The van der Waals surface area contributed by atoms with E-state index < -0.39 is 5.91 Å². The first-order valence-corrected chi connectivity index (χ1v) is 5.53. The molecular weight excluding hydrogens is 288 g/mol. The number of nitrogens with two attached hydrogens (primary N) is 1. The van der Waals surface area contributed by atoms with Crippen LogP contribution in [-0.2, 0) is 0 Å². The highest BCUT2D eigenvalue weighted by atomic mass is 79.9. The third-order valence-corrected chi connectivity index (χ3v) is 3.10. The molecule has 88 valence electrons. The van der Waals surface area contributed by atoms with Gasteiger partial charge in [0.2, 0.25) is 11.5 Å². The molecule has 0 unspecified atom stereocenters. The van der Waals surface area contributed by atoms with Crippen LogP contribution in [0.25, 0.3) is 0 Å². The van der Waals surface area contributed by atoms with Crippen molar-refractivity contribution in [2.75, 3.05) is 11.1 Å². The lowest BCUT2D eigenvalue weighted by Crippen LogP contribution is -2.15. The summed E-state index contributed by atoms with van der Waals surface area (Å²) in [6.07, 6.45) is 0. The predicted molar refractivity (Wildman–Crippen MR) is 65.5 cm³/mol. The Morgan fingerprint density at radius 3 is 2.88 bits per heavy atom. The fourth-order valence-corrected chi connectivity index (χ4v) is 1.64. The van der Waals surface area contributed by atoms with Crippen molar-refractivity contribution in [3.05, 3.63) is 33.9 Å². The molecule has 1 aromatic heterocycles. The van der Waals surface area contributed by atoms with Crippen LogP contribution in [0.3, 0.4) is 0 Å². The first kappa shape index (κ1) is 11.6. The van der Waals surface area contributed by atoms with Crippen molar-refractivity contribution in [3.63, 3.8) is 0 Å². The fraction of sp³-hybridized carbons (Fsp3) is 0.100. The molecule has 0 atom stereocenters. The molecule has 1 amide bonds. The molecule has 2 rings (SSSR count). The molecule has 3 N–H and O–H groups in total. The lowest BCUT2D eigenvalue weighted by molar-refractivity contribution is 0.101. The Morgan fingerprint density at radius 2 is 2.24 bits per heavy atom. The first-order valence-electron chi connectivity index (χ1n) is 4.74. The number of hydrogen-bond donors (Lipinski definition) is 2. The number of rotatable bonds is 2. The highest BCUT2D eigenvalue weighted by molar-refractivity contribution is 9.10. The predicted octanol–water partition coefficient (Wildman–Crippen LogP) is 1.98. The van der Waals surface area contributed by atoms with Gasteiger partial charge in [-0.2, -0.15) is 0 Å². The van der Waals surface area contributed by atoms with Crippen molar-refractivity contribution >= 4 is 33.3 Å². The molecule has 0 saturated heterocycles. The number of benzene rings is 1. The van der Waals surface area contributed by atoms with Crippen LogP contribution in [0.2, 0.25) is 0 Å². The lowest BCUT2D eigenvalue weighted by Gasteiger charge is -2.07. The van der Waals surface area contributed by atoms with Crippen LogP contribution in [0.4, 0.5) is 11.5 Å². The van der Waals surface area contributed by atoms with Gasteiger partial charge in [0, 0.05) is 10.2 Å². The van der Waals surface area contributed by atoms with Crippen molar-refractivity contribution < 1.29 is 9.42 Å². The van der Waals surface area contributed by atoms with E-state index in [1.54, 1.807) is 6.07 Å². The van der Waals surface area contributed by atoms with E-state index in [2.05, 4.69) is 36.2 Å². The number of aromatic nitrogens is 2. The van der Waals surface area contributed by atoms with E-state index in [1.807, 2.05) is 19.1 Å². The molecule has 2 aromatic rings. The Labute approximate surface area is 105 Å². The molecule has 0 bridgehead atoms. The zero-order valence-electron chi connectivity index (χ0n) is 8.90. The maximum atomic E-state index is 11.8. The number of nitrogens with zero attached hydrogens (tertiary/aromatic N) is 2. The zero-order valence-corrected chi connectivity index (χ0v) is 10.5. The van der Waals surface area contributed by atoms with Gasteiger partial charge >= 0.3 is 0 Å². The smallest absolute Gasteiger partial charge is 0.281 e. The number of nitrogens with one attached hydrogen (secondary N) is 1. The van der Waals surface area contributed by atoms with Gasteiger partial charge in [0.05, 0.1) is 0 Å². The second-order valence-corrected chi connectivity index (χ2v) is 4.22. The monoisotopic (exact) mass is 296 g/mol. The van der Waals surface area contributed by atoms with Crippen LogP contribution >= 0.6 is 15.9 Å². The second-order valence-electron chi connectivity index (χ2n) is 3.36. The molecule has 0 radical (unpaired) electrons. The average molecular weight is 297 g/mol. The average Bonchev–Trinajstić information content (AvgIpc) is 2.71. The Bertz CT molecular complexity index is 567. The fourth-order valence-electron chi connectivity index (χ4n) is 1.28. The highest BCUT2D eigenvalue weighted by Gasteiger charge is 2.16. The first-order chi connectivity index (χ1) is 8.09. The van der Waals surface area contributed by atoms with Gasteiger partial charge in [-0.05, 0) is 34.9 Å². The van der Waals surface area contributed by atoms with Gasteiger partial charge in [0.25, 0.3) is 5.91 Å². The van der Waals surface area contributed by atoms with Crippen molar-refractivity contribution in [3.8, 4) is 0 Å². The standard InChI is InChI=1S/C10H9BrN4O2/c1-5-6(11)3-2-4-7(5)13-10(16)8-9(12)15-17-14-8/h2-4H,1H3,(H2,12,15)(H,13,16). The SMILES string of the molecule is Cc1c(Br)cccc1NC(=O)c1nonc1N. The van der Waals surface area contributed by atoms with Gasteiger partial charge in [-0.3, -0.25) is 4.79 Å². The van der Waals surface area contributed by atoms with Crippen molar-refractivity contribution in [2.24, 2.45) is 0 Å². The number of halogens is 1. The Balaban J connectivity index is 2.25. The van der Waals surface area contributed by atoms with Crippen LogP contribution in [-0.4, -0.2) is 16.2 Å². The molecule has 0 fully saturated rings. The van der Waals surface area contributed by atoms with Crippen LogP contribution in [0.5, 0.6) is 0 Å². The largest absolute Gasteiger partial charge is 0.379 e. The third-order valence-electron chi connectivity index (χ3n) is 2.24. The minimum absolute atomic E-state index is 0.0237. The summed E-state index contributed by atoms with van der Waals surface area (Å²) >= 11 is 3.38. The molecule has 1 aromatic carbocycles. The number of carbonyl (C=O) groups is 1. The van der Waals surface area contributed by atoms with Gasteiger partial charge in [-0.25, -0.2) is 4.63 Å². The maximum Gasteiger partial charge on any atom is 0.281 e. The normalized spacial score (nSPS) is 10.2. The number of hydrogen-bond acceptors (Lipinski definition) is 5. The van der Waals surface area contributed by atoms with Gasteiger partial charge in [-0.15, -0.1) is 0 Å². The molecule has 0 saturated carbocycles. The Kier molecular flexibility index (Phi) is 3.10. The van der Waals surface area contributed by atoms with E-state index >= 15 is 0 Å². The maximum absolute atomic E-state index is 11.8. The molecule has 1 heterocycles. The number of nitrogen functional groups attached to an aromatic ring is 1. The van der Waals surface area contributed by atoms with Crippen LogP contribution in [0.1, 0.15) is 16.1 Å².